The third-order valence-electron chi connectivity index (χ3n) is 2.98. The first-order valence-electron chi connectivity index (χ1n) is 5.78. The van der Waals surface area contributed by atoms with Gasteiger partial charge in [0.25, 0.3) is 0 Å². The summed E-state index contributed by atoms with van der Waals surface area (Å²) in [5.74, 6) is -0.358. The number of hydrogen-bond donors (Lipinski definition) is 0. The predicted octanol–water partition coefficient (Wildman–Crippen LogP) is 3.79. The molecule has 0 unspecified atom stereocenters. The van der Waals surface area contributed by atoms with Crippen molar-refractivity contribution in [3.63, 3.8) is 0 Å². The standard InChI is InChI=1S/C14H14BrNO2/c1-4-18-14(17)13-9(3)8(2)11-7-10(15)5-6-12(11)16-13/h5-7H,4H2,1-3H3. The van der Waals surface area contributed by atoms with Gasteiger partial charge in [-0.3, -0.25) is 0 Å². The molecule has 0 N–H and O–H groups in total. The summed E-state index contributed by atoms with van der Waals surface area (Å²) in [6, 6.07) is 5.83. The highest BCUT2D eigenvalue weighted by atomic mass is 79.9. The molecule has 0 amide bonds. The van der Waals surface area contributed by atoms with Gasteiger partial charge < -0.3 is 4.74 Å². The SMILES string of the molecule is CCOC(=O)c1nc2ccc(Br)cc2c(C)c1C. The summed E-state index contributed by atoms with van der Waals surface area (Å²) in [5, 5.41) is 1.05. The van der Waals surface area contributed by atoms with E-state index in [4.69, 9.17) is 4.74 Å². The number of carbonyl (C=O) groups excluding carboxylic acids is 1. The molecule has 0 atom stereocenters. The highest BCUT2D eigenvalue weighted by molar-refractivity contribution is 9.10. The van der Waals surface area contributed by atoms with Gasteiger partial charge in [0, 0.05) is 9.86 Å². The van der Waals surface area contributed by atoms with Crippen molar-refractivity contribution < 1.29 is 9.53 Å². The number of carbonyl (C=O) groups is 1. The number of nitrogens with zero attached hydrogens (tertiary/aromatic N) is 1. The van der Waals surface area contributed by atoms with Crippen molar-refractivity contribution in [1.29, 1.82) is 0 Å². The summed E-state index contributed by atoms with van der Waals surface area (Å²) in [7, 11) is 0. The Labute approximate surface area is 114 Å². The predicted molar refractivity (Wildman–Crippen MR) is 74.9 cm³/mol. The quantitative estimate of drug-likeness (QED) is 0.792. The van der Waals surface area contributed by atoms with Crippen LogP contribution in [-0.4, -0.2) is 17.6 Å². The van der Waals surface area contributed by atoms with Crippen molar-refractivity contribution in [2.75, 3.05) is 6.61 Å². The number of ether oxygens (including phenoxy) is 1. The normalized spacial score (nSPS) is 10.7. The first kappa shape index (κ1) is 13.0. The number of hydrogen-bond acceptors (Lipinski definition) is 3. The van der Waals surface area contributed by atoms with Crippen LogP contribution in [0.2, 0.25) is 0 Å². The molecule has 0 saturated carbocycles. The minimum atomic E-state index is -0.358. The Morgan fingerprint density at radius 2 is 2.06 bits per heavy atom. The molecule has 0 radical (unpaired) electrons. The lowest BCUT2D eigenvalue weighted by molar-refractivity contribution is 0.0519. The Morgan fingerprint density at radius 1 is 1.33 bits per heavy atom. The van der Waals surface area contributed by atoms with Crippen molar-refractivity contribution >= 4 is 32.8 Å². The highest BCUT2D eigenvalue weighted by Gasteiger charge is 2.16. The number of halogens is 1. The van der Waals surface area contributed by atoms with E-state index in [9.17, 15) is 4.79 Å². The van der Waals surface area contributed by atoms with Crippen LogP contribution in [-0.2, 0) is 4.74 Å². The number of aryl methyl sites for hydroxylation is 1. The lowest BCUT2D eigenvalue weighted by atomic mass is 10.0. The van der Waals surface area contributed by atoms with E-state index in [0.717, 1.165) is 26.5 Å². The number of esters is 1. The van der Waals surface area contributed by atoms with Crippen LogP contribution in [0.25, 0.3) is 10.9 Å². The number of pyridine rings is 1. The average Bonchev–Trinajstić information content (AvgIpc) is 2.34. The Balaban J connectivity index is 2.67. The van der Waals surface area contributed by atoms with Crippen LogP contribution in [0.4, 0.5) is 0 Å². The van der Waals surface area contributed by atoms with Gasteiger partial charge in [-0.25, -0.2) is 9.78 Å². The Kier molecular flexibility index (Phi) is 3.66. The molecule has 4 heteroatoms. The molecular formula is C14H14BrNO2. The second-order valence-electron chi connectivity index (χ2n) is 4.09. The van der Waals surface area contributed by atoms with Crippen molar-refractivity contribution in [2.45, 2.75) is 20.8 Å². The highest BCUT2D eigenvalue weighted by Crippen LogP contribution is 2.25. The molecule has 2 rings (SSSR count). The van der Waals surface area contributed by atoms with Gasteiger partial charge in [0.15, 0.2) is 5.69 Å². The smallest absolute Gasteiger partial charge is 0.357 e. The molecule has 1 heterocycles. The summed E-state index contributed by atoms with van der Waals surface area (Å²) >= 11 is 3.44. The van der Waals surface area contributed by atoms with Crippen molar-refractivity contribution in [2.24, 2.45) is 0 Å². The van der Waals surface area contributed by atoms with Crippen LogP contribution in [0.3, 0.4) is 0 Å². The monoisotopic (exact) mass is 307 g/mol. The molecule has 0 bridgehead atoms. The van der Waals surface area contributed by atoms with Crippen molar-refractivity contribution in [1.82, 2.24) is 4.98 Å². The molecule has 0 saturated heterocycles. The summed E-state index contributed by atoms with van der Waals surface area (Å²) in [6.45, 7) is 6.04. The van der Waals surface area contributed by atoms with E-state index < -0.39 is 0 Å². The fourth-order valence-electron chi connectivity index (χ4n) is 1.89. The van der Waals surface area contributed by atoms with Crippen molar-refractivity contribution in [3.05, 3.63) is 39.5 Å². The number of aromatic nitrogens is 1. The van der Waals surface area contributed by atoms with E-state index in [2.05, 4.69) is 20.9 Å². The Bertz CT molecular complexity index is 623. The summed E-state index contributed by atoms with van der Waals surface area (Å²) in [6.07, 6.45) is 0. The summed E-state index contributed by atoms with van der Waals surface area (Å²) in [5.41, 5.74) is 3.15. The van der Waals surface area contributed by atoms with E-state index in [1.54, 1.807) is 6.92 Å². The van der Waals surface area contributed by atoms with Gasteiger partial charge in [0.2, 0.25) is 0 Å². The van der Waals surface area contributed by atoms with Crippen LogP contribution in [0, 0.1) is 13.8 Å². The van der Waals surface area contributed by atoms with Gasteiger partial charge >= 0.3 is 5.97 Å². The first-order valence-corrected chi connectivity index (χ1v) is 6.57. The molecule has 18 heavy (non-hydrogen) atoms. The van der Waals surface area contributed by atoms with Crippen LogP contribution >= 0.6 is 15.9 Å². The van der Waals surface area contributed by atoms with Gasteiger partial charge in [-0.15, -0.1) is 0 Å². The van der Waals surface area contributed by atoms with Crippen molar-refractivity contribution in [3.8, 4) is 0 Å². The minimum Gasteiger partial charge on any atom is -0.461 e. The van der Waals surface area contributed by atoms with Gasteiger partial charge in [-0.2, -0.15) is 0 Å². The maximum Gasteiger partial charge on any atom is 0.357 e. The molecule has 2 aromatic rings. The van der Waals surface area contributed by atoms with Gasteiger partial charge in [0.1, 0.15) is 0 Å². The lowest BCUT2D eigenvalue weighted by Gasteiger charge is -2.10. The summed E-state index contributed by atoms with van der Waals surface area (Å²) in [4.78, 5) is 16.2. The molecule has 0 aliphatic heterocycles. The third-order valence-corrected chi connectivity index (χ3v) is 3.47. The lowest BCUT2D eigenvalue weighted by Crippen LogP contribution is -2.10. The number of rotatable bonds is 2. The zero-order valence-electron chi connectivity index (χ0n) is 10.6. The second-order valence-corrected chi connectivity index (χ2v) is 5.01. The largest absolute Gasteiger partial charge is 0.461 e. The topological polar surface area (TPSA) is 39.2 Å². The zero-order chi connectivity index (χ0) is 13.3. The fourth-order valence-corrected chi connectivity index (χ4v) is 2.25. The second kappa shape index (κ2) is 5.06. The molecule has 94 valence electrons. The maximum atomic E-state index is 11.8. The first-order chi connectivity index (χ1) is 8.54. The molecule has 1 aromatic carbocycles. The molecule has 0 aliphatic rings. The molecule has 0 spiro atoms. The van der Waals surface area contributed by atoms with Crippen LogP contribution in [0.15, 0.2) is 22.7 Å². The maximum absolute atomic E-state index is 11.8. The third kappa shape index (κ3) is 2.25. The van der Waals surface area contributed by atoms with Crippen LogP contribution < -0.4 is 0 Å². The average molecular weight is 308 g/mol. The van der Waals surface area contributed by atoms with Gasteiger partial charge in [-0.05, 0) is 50.1 Å². The van der Waals surface area contributed by atoms with Gasteiger partial charge in [0.05, 0.1) is 12.1 Å². The molecule has 1 aromatic heterocycles. The zero-order valence-corrected chi connectivity index (χ0v) is 12.2. The van der Waals surface area contributed by atoms with E-state index in [1.165, 1.54) is 0 Å². The Hall–Kier alpha value is -1.42. The molecular weight excluding hydrogens is 294 g/mol. The van der Waals surface area contributed by atoms with E-state index in [1.807, 2.05) is 32.0 Å². The number of fused-ring (bicyclic) bond motifs is 1. The van der Waals surface area contributed by atoms with Crippen LogP contribution in [0.5, 0.6) is 0 Å². The molecule has 0 aliphatic carbocycles. The molecule has 3 nitrogen and oxygen atoms in total. The molecule has 0 fully saturated rings. The summed E-state index contributed by atoms with van der Waals surface area (Å²) < 4.78 is 6.03. The van der Waals surface area contributed by atoms with E-state index in [-0.39, 0.29) is 5.97 Å². The fraction of sp³-hybridized carbons (Fsp3) is 0.286. The van der Waals surface area contributed by atoms with Crippen LogP contribution in [0.1, 0.15) is 28.5 Å². The minimum absolute atomic E-state index is 0.358. The van der Waals surface area contributed by atoms with E-state index in [0.29, 0.717) is 12.3 Å². The van der Waals surface area contributed by atoms with E-state index >= 15 is 0 Å². The number of benzene rings is 1. The Morgan fingerprint density at radius 3 is 2.72 bits per heavy atom. The van der Waals surface area contributed by atoms with Gasteiger partial charge in [-0.1, -0.05) is 15.9 Å².